The first-order chi connectivity index (χ1) is 9.76. The van der Waals surface area contributed by atoms with Crippen LogP contribution in [0.4, 0.5) is 13.2 Å². The molecule has 0 radical (unpaired) electrons. The zero-order chi connectivity index (χ0) is 15.6. The number of halogens is 4. The molecule has 1 atom stereocenters. The van der Waals surface area contributed by atoms with Crippen LogP contribution >= 0.6 is 15.9 Å². The van der Waals surface area contributed by atoms with Gasteiger partial charge in [0.15, 0.2) is 0 Å². The monoisotopic (exact) mass is 366 g/mol. The second kappa shape index (κ2) is 6.54. The maximum Gasteiger partial charge on any atom is 0.401 e. The van der Waals surface area contributed by atoms with Gasteiger partial charge in [-0.25, -0.2) is 0 Å². The van der Waals surface area contributed by atoms with Crippen LogP contribution in [-0.2, 0) is 0 Å². The Morgan fingerprint density at radius 2 is 1.86 bits per heavy atom. The smallest absolute Gasteiger partial charge is 0.401 e. The largest absolute Gasteiger partial charge is 0.508 e. The number of phenols is 1. The number of rotatable bonds is 3. The maximum atomic E-state index is 12.4. The number of benzene rings is 1. The number of hydrogen-bond acceptors (Lipinski definition) is 3. The Balaban J connectivity index is 1.97. The molecule has 0 amide bonds. The summed E-state index contributed by atoms with van der Waals surface area (Å²) in [4.78, 5) is 3.51. The predicted octanol–water partition coefficient (Wildman–Crippen LogP) is 3.40. The number of hydrogen-bond donors (Lipinski definition) is 1. The molecule has 1 fully saturated rings. The number of alkyl halides is 3. The third kappa shape index (κ3) is 4.59. The van der Waals surface area contributed by atoms with E-state index in [-0.39, 0.29) is 11.8 Å². The minimum absolute atomic E-state index is 0.0319. The molecule has 0 saturated carbocycles. The third-order valence-corrected chi connectivity index (χ3v) is 4.29. The van der Waals surface area contributed by atoms with Crippen molar-refractivity contribution in [2.75, 3.05) is 32.7 Å². The SMILES string of the molecule is CC(c1cc(Br)ccc1O)N1CCN(CC(F)(F)F)CC1. The van der Waals surface area contributed by atoms with Crippen LogP contribution in [0, 0.1) is 0 Å². The van der Waals surface area contributed by atoms with Gasteiger partial charge < -0.3 is 5.11 Å². The normalized spacial score (nSPS) is 19.7. The van der Waals surface area contributed by atoms with E-state index < -0.39 is 12.7 Å². The van der Waals surface area contributed by atoms with Gasteiger partial charge in [0.2, 0.25) is 0 Å². The number of phenolic OH excluding ortho intramolecular Hbond substituents is 1. The van der Waals surface area contributed by atoms with Crippen molar-refractivity contribution < 1.29 is 18.3 Å². The van der Waals surface area contributed by atoms with Crippen LogP contribution in [0.25, 0.3) is 0 Å². The second-order valence-electron chi connectivity index (χ2n) is 5.31. The van der Waals surface area contributed by atoms with E-state index in [1.165, 1.54) is 4.90 Å². The van der Waals surface area contributed by atoms with Crippen LogP contribution in [0.15, 0.2) is 22.7 Å². The summed E-state index contributed by atoms with van der Waals surface area (Å²) < 4.78 is 38.0. The molecule has 1 aliphatic heterocycles. The summed E-state index contributed by atoms with van der Waals surface area (Å²) in [5.74, 6) is 0.212. The van der Waals surface area contributed by atoms with Crippen molar-refractivity contribution >= 4 is 15.9 Å². The summed E-state index contributed by atoms with van der Waals surface area (Å²) in [6, 6.07) is 5.20. The summed E-state index contributed by atoms with van der Waals surface area (Å²) in [5.41, 5.74) is 0.786. The van der Waals surface area contributed by atoms with Crippen molar-refractivity contribution in [3.05, 3.63) is 28.2 Å². The molecule has 1 aromatic rings. The molecule has 0 aliphatic carbocycles. The van der Waals surface area contributed by atoms with Gasteiger partial charge in [0.05, 0.1) is 6.54 Å². The van der Waals surface area contributed by atoms with Crippen LogP contribution in [0.1, 0.15) is 18.5 Å². The highest BCUT2D eigenvalue weighted by Crippen LogP contribution is 2.31. The first kappa shape index (κ1) is 16.6. The average molecular weight is 367 g/mol. The second-order valence-corrected chi connectivity index (χ2v) is 6.22. The highest BCUT2D eigenvalue weighted by Gasteiger charge is 2.33. The van der Waals surface area contributed by atoms with Crippen molar-refractivity contribution in [2.45, 2.75) is 19.1 Å². The topological polar surface area (TPSA) is 26.7 Å². The van der Waals surface area contributed by atoms with E-state index in [0.29, 0.717) is 26.2 Å². The fraction of sp³-hybridized carbons (Fsp3) is 0.571. The Bertz CT molecular complexity index is 488. The zero-order valence-electron chi connectivity index (χ0n) is 11.7. The zero-order valence-corrected chi connectivity index (χ0v) is 13.3. The Morgan fingerprint density at radius 1 is 1.24 bits per heavy atom. The minimum atomic E-state index is -4.14. The quantitative estimate of drug-likeness (QED) is 0.887. The molecule has 0 spiro atoms. The summed E-state index contributed by atoms with van der Waals surface area (Å²) in [6.07, 6.45) is -4.14. The molecule has 7 heteroatoms. The van der Waals surface area contributed by atoms with Gasteiger partial charge >= 0.3 is 6.18 Å². The first-order valence-corrected chi connectivity index (χ1v) is 7.57. The summed E-state index contributed by atoms with van der Waals surface area (Å²) >= 11 is 3.37. The van der Waals surface area contributed by atoms with Crippen LogP contribution in [0.3, 0.4) is 0 Å². The number of piperazine rings is 1. The Kier molecular flexibility index (Phi) is 5.16. The van der Waals surface area contributed by atoms with Crippen LogP contribution in [0.2, 0.25) is 0 Å². The summed E-state index contributed by atoms with van der Waals surface area (Å²) in [7, 11) is 0. The van der Waals surface area contributed by atoms with Crippen molar-refractivity contribution in [2.24, 2.45) is 0 Å². The molecular weight excluding hydrogens is 349 g/mol. The van der Waals surface area contributed by atoms with Gasteiger partial charge in [0.25, 0.3) is 0 Å². The lowest BCUT2D eigenvalue weighted by Gasteiger charge is -2.38. The maximum absolute atomic E-state index is 12.4. The van der Waals surface area contributed by atoms with E-state index in [0.717, 1.165) is 10.0 Å². The summed E-state index contributed by atoms with van der Waals surface area (Å²) in [5, 5.41) is 9.93. The van der Waals surface area contributed by atoms with Crippen molar-refractivity contribution in [1.82, 2.24) is 9.80 Å². The van der Waals surface area contributed by atoms with Crippen molar-refractivity contribution in [3.63, 3.8) is 0 Å². The van der Waals surface area contributed by atoms with Gasteiger partial charge in [-0.05, 0) is 25.1 Å². The number of nitrogens with zero attached hydrogens (tertiary/aromatic N) is 2. The third-order valence-electron chi connectivity index (χ3n) is 3.80. The van der Waals surface area contributed by atoms with Crippen LogP contribution in [-0.4, -0.2) is 53.8 Å². The van der Waals surface area contributed by atoms with E-state index in [2.05, 4.69) is 20.8 Å². The minimum Gasteiger partial charge on any atom is -0.508 e. The van der Waals surface area contributed by atoms with Crippen molar-refractivity contribution in [1.29, 1.82) is 0 Å². The molecule has 21 heavy (non-hydrogen) atoms. The molecule has 1 aromatic carbocycles. The molecule has 118 valence electrons. The van der Waals surface area contributed by atoms with Crippen LogP contribution < -0.4 is 0 Å². The molecule has 1 aliphatic rings. The molecule has 1 unspecified atom stereocenters. The fourth-order valence-electron chi connectivity index (χ4n) is 2.62. The fourth-order valence-corrected chi connectivity index (χ4v) is 3.00. The van der Waals surface area contributed by atoms with E-state index in [4.69, 9.17) is 0 Å². The van der Waals surface area contributed by atoms with E-state index >= 15 is 0 Å². The van der Waals surface area contributed by atoms with Crippen molar-refractivity contribution in [3.8, 4) is 5.75 Å². The molecule has 1 N–H and O–H groups in total. The van der Waals surface area contributed by atoms with Gasteiger partial charge in [-0.3, -0.25) is 9.80 Å². The lowest BCUT2D eigenvalue weighted by Crippen LogP contribution is -2.49. The predicted molar refractivity (Wildman–Crippen MR) is 78.3 cm³/mol. The Labute approximate surface area is 130 Å². The van der Waals surface area contributed by atoms with Gasteiger partial charge in [0.1, 0.15) is 5.75 Å². The lowest BCUT2D eigenvalue weighted by atomic mass is 10.0. The van der Waals surface area contributed by atoms with E-state index in [1.807, 2.05) is 13.0 Å². The molecule has 0 aromatic heterocycles. The van der Waals surface area contributed by atoms with Gasteiger partial charge in [0, 0.05) is 42.3 Å². The lowest BCUT2D eigenvalue weighted by molar-refractivity contribution is -0.149. The highest BCUT2D eigenvalue weighted by atomic mass is 79.9. The molecule has 0 bridgehead atoms. The van der Waals surface area contributed by atoms with Gasteiger partial charge in [-0.2, -0.15) is 13.2 Å². The Morgan fingerprint density at radius 3 is 2.43 bits per heavy atom. The Hall–Kier alpha value is -0.790. The van der Waals surface area contributed by atoms with E-state index in [9.17, 15) is 18.3 Å². The van der Waals surface area contributed by atoms with E-state index in [1.54, 1.807) is 12.1 Å². The molecule has 2 rings (SSSR count). The van der Waals surface area contributed by atoms with Gasteiger partial charge in [-0.15, -0.1) is 0 Å². The van der Waals surface area contributed by atoms with Crippen LogP contribution in [0.5, 0.6) is 5.75 Å². The average Bonchev–Trinajstić information content (AvgIpc) is 2.40. The molecule has 1 saturated heterocycles. The standard InChI is InChI=1S/C14H18BrF3N2O/c1-10(12-8-11(15)2-3-13(12)21)20-6-4-19(5-7-20)9-14(16,17)18/h2-3,8,10,21H,4-7,9H2,1H3. The number of aromatic hydroxyl groups is 1. The summed E-state index contributed by atoms with van der Waals surface area (Å²) in [6.45, 7) is 3.00. The molecule has 1 heterocycles. The molecular formula is C14H18BrF3N2O. The first-order valence-electron chi connectivity index (χ1n) is 6.78. The molecule has 3 nitrogen and oxygen atoms in total. The van der Waals surface area contributed by atoms with Gasteiger partial charge in [-0.1, -0.05) is 15.9 Å². The highest BCUT2D eigenvalue weighted by molar-refractivity contribution is 9.10.